The van der Waals surface area contributed by atoms with Gasteiger partial charge in [0, 0.05) is 20.5 Å². The number of carbonyl (C=O) groups is 1. The zero-order valence-electron chi connectivity index (χ0n) is 19.6. The summed E-state index contributed by atoms with van der Waals surface area (Å²) in [5.74, 6) is -0.0690. The Hall–Kier alpha value is -3.40. The molecule has 1 amide bonds. The summed E-state index contributed by atoms with van der Waals surface area (Å²) in [6, 6.07) is 9.87. The summed E-state index contributed by atoms with van der Waals surface area (Å²) in [7, 11) is -0.937. The number of benzene rings is 2. The lowest BCUT2D eigenvalue weighted by Gasteiger charge is -2.35. The minimum atomic E-state index is -3.82. The van der Waals surface area contributed by atoms with Crippen molar-refractivity contribution in [3.05, 3.63) is 62.7 Å². The molecule has 0 saturated carbocycles. The Morgan fingerprint density at radius 3 is 2.38 bits per heavy atom. The first-order valence-corrected chi connectivity index (χ1v) is 12.7. The highest BCUT2D eigenvalue weighted by atomic mass is 32.2. The number of hydrogen-bond acceptors (Lipinski definition) is 6. The molecule has 3 aromatic rings. The molecule has 0 unspecified atom stereocenters. The molecule has 0 saturated heterocycles. The van der Waals surface area contributed by atoms with Crippen molar-refractivity contribution in [1.29, 1.82) is 0 Å². The summed E-state index contributed by atoms with van der Waals surface area (Å²) in [4.78, 5) is 38.9. The van der Waals surface area contributed by atoms with E-state index in [1.54, 1.807) is 4.90 Å². The summed E-state index contributed by atoms with van der Waals surface area (Å²) in [5.41, 5.74) is 0.942. The number of anilines is 1. The van der Waals surface area contributed by atoms with Gasteiger partial charge in [0.25, 0.3) is 0 Å². The van der Waals surface area contributed by atoms with Crippen molar-refractivity contribution in [2.24, 2.45) is 14.1 Å². The van der Waals surface area contributed by atoms with Crippen molar-refractivity contribution >= 4 is 32.5 Å². The van der Waals surface area contributed by atoms with Gasteiger partial charge in [-0.1, -0.05) is 13.0 Å². The minimum Gasteiger partial charge on any atom is -0.486 e. The number of carbonyl (C=O) groups excluding carboxylic acids is 1. The fraction of sp³-hybridized carbons (Fsp3) is 0.375. The van der Waals surface area contributed by atoms with Gasteiger partial charge in [-0.3, -0.25) is 14.4 Å². The van der Waals surface area contributed by atoms with Crippen LogP contribution in [0.5, 0.6) is 5.75 Å². The molecule has 1 aliphatic heterocycles. The Kier molecular flexibility index (Phi) is 6.11. The van der Waals surface area contributed by atoms with E-state index in [-0.39, 0.29) is 29.1 Å². The maximum Gasteiger partial charge on any atom is 0.316 e. The molecule has 0 spiro atoms. The molecule has 1 aliphatic rings. The molecule has 2 heterocycles. The lowest BCUT2D eigenvalue weighted by Crippen LogP contribution is -2.43. The van der Waals surface area contributed by atoms with Gasteiger partial charge < -0.3 is 18.8 Å². The molecule has 0 fully saturated rings. The van der Waals surface area contributed by atoms with Crippen molar-refractivity contribution in [3.8, 4) is 5.75 Å². The average Bonchev–Trinajstić information content (AvgIpc) is 2.83. The molecule has 4 rings (SSSR count). The van der Waals surface area contributed by atoms with E-state index in [9.17, 15) is 22.8 Å². The van der Waals surface area contributed by atoms with Gasteiger partial charge in [0.2, 0.25) is 5.91 Å². The Balaban J connectivity index is 1.61. The van der Waals surface area contributed by atoms with Crippen LogP contribution in [0.2, 0.25) is 0 Å². The first-order valence-electron chi connectivity index (χ1n) is 11.0. The van der Waals surface area contributed by atoms with Crippen LogP contribution >= 0.6 is 0 Å². The average molecular weight is 486 g/mol. The fourth-order valence-corrected chi connectivity index (χ4v) is 5.38. The molecular weight excluding hydrogens is 458 g/mol. The molecule has 0 radical (unpaired) electrons. The molecule has 180 valence electrons. The number of aromatic nitrogens is 2. The number of fused-ring (bicyclic) bond motifs is 2. The van der Waals surface area contributed by atoms with Crippen LogP contribution in [0.15, 0.2) is 50.9 Å². The van der Waals surface area contributed by atoms with E-state index in [0.29, 0.717) is 35.4 Å². The van der Waals surface area contributed by atoms with Crippen molar-refractivity contribution in [1.82, 2.24) is 9.13 Å². The zero-order chi connectivity index (χ0) is 24.8. The number of hydrogen-bond donors (Lipinski definition) is 0. The molecule has 0 N–H and O–H groups in total. The van der Waals surface area contributed by atoms with Crippen molar-refractivity contribution in [2.75, 3.05) is 17.2 Å². The zero-order valence-corrected chi connectivity index (χ0v) is 20.4. The predicted molar refractivity (Wildman–Crippen MR) is 129 cm³/mol. The van der Waals surface area contributed by atoms with Gasteiger partial charge >= 0.3 is 11.1 Å². The van der Waals surface area contributed by atoms with E-state index in [2.05, 4.69) is 0 Å². The SMILES string of the molecule is CC[C@H]1CN(C(=O)CCS(=O)(=O)c2ccc3c(c2)n(C)c(=O)c(=O)n3C)c2cc(C)ccc2O1. The molecule has 34 heavy (non-hydrogen) atoms. The van der Waals surface area contributed by atoms with Gasteiger partial charge in [-0.15, -0.1) is 0 Å². The Bertz CT molecular complexity index is 1520. The number of ether oxygens (including phenoxy) is 1. The Morgan fingerprint density at radius 2 is 1.71 bits per heavy atom. The van der Waals surface area contributed by atoms with E-state index < -0.39 is 21.0 Å². The molecule has 2 aromatic carbocycles. The lowest BCUT2D eigenvalue weighted by molar-refractivity contribution is -0.118. The monoisotopic (exact) mass is 485 g/mol. The highest BCUT2D eigenvalue weighted by Gasteiger charge is 2.30. The standard InChI is InChI=1S/C24H27N3O6S/c1-5-16-14-27(20-12-15(2)6-9-21(20)33-16)22(28)10-11-34(31,32)17-7-8-18-19(13-17)26(4)24(30)23(29)25(18)3/h6-9,12-13,16H,5,10-11,14H2,1-4H3/t16-/m0/s1. The lowest BCUT2D eigenvalue weighted by atomic mass is 10.1. The first-order chi connectivity index (χ1) is 16.0. The first kappa shape index (κ1) is 23.7. The van der Waals surface area contributed by atoms with E-state index >= 15 is 0 Å². The van der Waals surface area contributed by atoms with Gasteiger partial charge in [0.15, 0.2) is 9.84 Å². The van der Waals surface area contributed by atoms with Crippen LogP contribution in [0, 0.1) is 6.92 Å². The third-order valence-corrected chi connectivity index (χ3v) is 7.96. The van der Waals surface area contributed by atoms with Gasteiger partial charge in [-0.25, -0.2) is 8.42 Å². The van der Waals surface area contributed by atoms with Crippen LogP contribution in [-0.2, 0) is 28.7 Å². The molecular formula is C24H27N3O6S. The van der Waals surface area contributed by atoms with Gasteiger partial charge in [-0.05, 0) is 49.2 Å². The predicted octanol–water partition coefficient (Wildman–Crippen LogP) is 1.91. The molecule has 0 aliphatic carbocycles. The van der Waals surface area contributed by atoms with Crippen LogP contribution < -0.4 is 20.8 Å². The second-order valence-corrected chi connectivity index (χ2v) is 10.7. The normalized spacial score (nSPS) is 15.8. The molecule has 1 aromatic heterocycles. The third kappa shape index (κ3) is 4.13. The Labute approximate surface area is 197 Å². The molecule has 10 heteroatoms. The van der Waals surface area contributed by atoms with E-state index in [0.717, 1.165) is 10.1 Å². The van der Waals surface area contributed by atoms with Crippen LogP contribution in [-0.4, -0.2) is 41.9 Å². The van der Waals surface area contributed by atoms with Gasteiger partial charge in [0.1, 0.15) is 11.9 Å². The van der Waals surface area contributed by atoms with Crippen molar-refractivity contribution in [2.45, 2.75) is 37.7 Å². The van der Waals surface area contributed by atoms with Gasteiger partial charge in [-0.2, -0.15) is 0 Å². The summed E-state index contributed by atoms with van der Waals surface area (Å²) in [6.07, 6.45) is 0.355. The largest absolute Gasteiger partial charge is 0.486 e. The number of sulfone groups is 1. The van der Waals surface area contributed by atoms with E-state index in [1.807, 2.05) is 32.0 Å². The third-order valence-electron chi connectivity index (χ3n) is 6.25. The smallest absolute Gasteiger partial charge is 0.316 e. The number of rotatable bonds is 5. The summed E-state index contributed by atoms with van der Waals surface area (Å²) >= 11 is 0. The maximum atomic E-state index is 13.1. The van der Waals surface area contributed by atoms with Crippen LogP contribution in [0.1, 0.15) is 25.3 Å². The van der Waals surface area contributed by atoms with Crippen LogP contribution in [0.3, 0.4) is 0 Å². The number of aryl methyl sites for hydroxylation is 3. The summed E-state index contributed by atoms with van der Waals surface area (Å²) in [6.45, 7) is 4.25. The fourth-order valence-electron chi connectivity index (χ4n) is 4.13. The van der Waals surface area contributed by atoms with Crippen LogP contribution in [0.25, 0.3) is 11.0 Å². The van der Waals surface area contributed by atoms with Gasteiger partial charge in [0.05, 0.1) is 33.9 Å². The quantitative estimate of drug-likeness (QED) is 0.511. The number of nitrogens with zero attached hydrogens (tertiary/aromatic N) is 3. The highest BCUT2D eigenvalue weighted by Crippen LogP contribution is 2.35. The van der Waals surface area contributed by atoms with Crippen molar-refractivity contribution < 1.29 is 17.9 Å². The summed E-state index contributed by atoms with van der Waals surface area (Å²) in [5, 5.41) is 0. The Morgan fingerprint density at radius 1 is 1.03 bits per heavy atom. The molecule has 0 bridgehead atoms. The van der Waals surface area contributed by atoms with E-state index in [4.69, 9.17) is 4.74 Å². The highest BCUT2D eigenvalue weighted by molar-refractivity contribution is 7.91. The number of amides is 1. The second-order valence-electron chi connectivity index (χ2n) is 8.57. The van der Waals surface area contributed by atoms with Crippen LogP contribution in [0.4, 0.5) is 5.69 Å². The maximum absolute atomic E-state index is 13.1. The molecule has 9 nitrogen and oxygen atoms in total. The summed E-state index contributed by atoms with van der Waals surface area (Å²) < 4.78 is 34.4. The molecule has 1 atom stereocenters. The topological polar surface area (TPSA) is 108 Å². The second kappa shape index (κ2) is 8.75. The van der Waals surface area contributed by atoms with E-state index in [1.165, 1.54) is 36.9 Å². The minimum absolute atomic E-state index is 0.00824. The van der Waals surface area contributed by atoms with Crippen molar-refractivity contribution in [3.63, 3.8) is 0 Å².